The highest BCUT2D eigenvalue weighted by atomic mass is 32.2. The van der Waals surface area contributed by atoms with Crippen molar-refractivity contribution in [1.82, 2.24) is 14.7 Å². The molecule has 2 fully saturated rings. The number of carbonyl (C=O) groups is 3. The Labute approximate surface area is 175 Å². The number of amidine groups is 1. The summed E-state index contributed by atoms with van der Waals surface area (Å²) in [7, 11) is -0.437. The second kappa shape index (κ2) is 8.82. The number of carbonyl (C=O) groups excluding carboxylic acids is 3. The Morgan fingerprint density at radius 3 is 2.40 bits per heavy atom. The summed E-state index contributed by atoms with van der Waals surface area (Å²) in [5.74, 6) is -0.00787. The molecule has 0 bridgehead atoms. The van der Waals surface area contributed by atoms with Gasteiger partial charge in [0, 0.05) is 45.7 Å². The van der Waals surface area contributed by atoms with E-state index in [1.165, 1.54) is 29.2 Å². The number of imide groups is 1. The molecule has 0 radical (unpaired) electrons. The van der Waals surface area contributed by atoms with Crippen LogP contribution in [0.5, 0.6) is 0 Å². The Morgan fingerprint density at radius 2 is 1.83 bits per heavy atom. The van der Waals surface area contributed by atoms with E-state index in [1.54, 1.807) is 7.05 Å². The molecule has 2 aliphatic heterocycles. The number of rotatable bonds is 7. The van der Waals surface area contributed by atoms with Gasteiger partial charge in [-0.25, -0.2) is 4.79 Å². The summed E-state index contributed by atoms with van der Waals surface area (Å²) in [4.78, 5) is 39.9. The smallest absolute Gasteiger partial charge is 0.326 e. The van der Waals surface area contributed by atoms with E-state index >= 15 is 0 Å². The van der Waals surface area contributed by atoms with Gasteiger partial charge in [-0.3, -0.25) is 14.5 Å². The van der Waals surface area contributed by atoms with Gasteiger partial charge in [-0.1, -0.05) is 0 Å². The average Bonchev–Trinajstić information content (AvgIpc) is 3.18. The molecule has 0 spiro atoms. The third-order valence-corrected chi connectivity index (χ3v) is 6.33. The fourth-order valence-electron chi connectivity index (χ4n) is 3.32. The van der Waals surface area contributed by atoms with Crippen LogP contribution in [0.1, 0.15) is 25.7 Å². The summed E-state index contributed by atoms with van der Waals surface area (Å²) in [6.45, 7) is 1.03. The van der Waals surface area contributed by atoms with Crippen molar-refractivity contribution < 1.29 is 22.8 Å². The van der Waals surface area contributed by atoms with Crippen LogP contribution in [-0.2, 0) is 19.6 Å². The Balaban J connectivity index is 1.52. The van der Waals surface area contributed by atoms with E-state index in [4.69, 9.17) is 0 Å². The van der Waals surface area contributed by atoms with Crippen LogP contribution in [0.25, 0.3) is 0 Å². The van der Waals surface area contributed by atoms with Crippen LogP contribution in [0.4, 0.5) is 10.5 Å². The maximum atomic E-state index is 12.4. The first-order valence-electron chi connectivity index (χ1n) is 9.68. The number of amides is 4. The third kappa shape index (κ3) is 4.96. The number of likely N-dealkylation sites (tertiary alicyclic amines) is 1. The lowest BCUT2D eigenvalue weighted by atomic mass is 10.2. The summed E-state index contributed by atoms with van der Waals surface area (Å²) in [6.07, 6.45) is 1.98. The lowest BCUT2D eigenvalue weighted by Gasteiger charge is -2.13. The second-order valence-corrected chi connectivity index (χ2v) is 8.97. The van der Waals surface area contributed by atoms with Gasteiger partial charge in [-0.2, -0.15) is 8.42 Å². The Bertz CT molecular complexity index is 974. The van der Waals surface area contributed by atoms with Gasteiger partial charge < -0.3 is 15.1 Å². The van der Waals surface area contributed by atoms with Gasteiger partial charge in [-0.05, 0) is 37.1 Å². The van der Waals surface area contributed by atoms with Crippen molar-refractivity contribution in [3.63, 3.8) is 0 Å². The van der Waals surface area contributed by atoms with E-state index in [2.05, 4.69) is 9.71 Å². The summed E-state index contributed by atoms with van der Waals surface area (Å²) >= 11 is 0. The van der Waals surface area contributed by atoms with Crippen molar-refractivity contribution in [2.45, 2.75) is 30.6 Å². The quantitative estimate of drug-likeness (QED) is 0.641. The summed E-state index contributed by atoms with van der Waals surface area (Å²) in [5, 5.41) is 2.68. The fraction of sp³-hybridized carbons (Fsp3) is 0.474. The van der Waals surface area contributed by atoms with E-state index in [-0.39, 0.29) is 42.3 Å². The SMILES string of the molecule is CN1CC(=O)N(CCCC(=O)Nc2ccc(S(=O)(=O)/N=C3\CCCN3C)cc2)C1=O. The molecule has 1 N–H and O–H groups in total. The van der Waals surface area contributed by atoms with Crippen molar-refractivity contribution >= 4 is 39.4 Å². The summed E-state index contributed by atoms with van der Waals surface area (Å²) < 4.78 is 28.8. The molecule has 30 heavy (non-hydrogen) atoms. The fourth-order valence-corrected chi connectivity index (χ4v) is 4.41. The molecule has 3 rings (SSSR count). The van der Waals surface area contributed by atoms with Crippen LogP contribution in [0.2, 0.25) is 0 Å². The first-order valence-corrected chi connectivity index (χ1v) is 11.1. The monoisotopic (exact) mass is 435 g/mol. The molecule has 0 saturated carbocycles. The molecular weight excluding hydrogens is 410 g/mol. The van der Waals surface area contributed by atoms with Crippen molar-refractivity contribution in [2.24, 2.45) is 4.40 Å². The van der Waals surface area contributed by atoms with E-state index in [1.807, 2.05) is 11.9 Å². The zero-order valence-corrected chi connectivity index (χ0v) is 17.8. The van der Waals surface area contributed by atoms with Crippen LogP contribution in [0.3, 0.4) is 0 Å². The Kier molecular flexibility index (Phi) is 6.40. The predicted octanol–water partition coefficient (Wildman–Crippen LogP) is 1.11. The zero-order valence-electron chi connectivity index (χ0n) is 17.0. The standard InChI is InChI=1S/C19H25N5O5S/c1-22-11-3-5-16(22)21-30(28,29)15-9-7-14(8-10-15)20-17(25)6-4-12-24-18(26)13-23(2)19(24)27/h7-10H,3-6,11-13H2,1-2H3,(H,20,25)/b21-16+. The van der Waals surface area contributed by atoms with Crippen LogP contribution < -0.4 is 5.32 Å². The minimum atomic E-state index is -3.80. The number of nitrogens with one attached hydrogen (secondary N) is 1. The molecule has 162 valence electrons. The van der Waals surface area contributed by atoms with Crippen LogP contribution in [-0.4, -0.2) is 80.5 Å². The molecule has 0 aromatic heterocycles. The molecule has 0 aliphatic carbocycles. The Morgan fingerprint density at radius 1 is 1.13 bits per heavy atom. The van der Waals surface area contributed by atoms with Gasteiger partial charge in [0.2, 0.25) is 11.8 Å². The average molecular weight is 436 g/mol. The van der Waals surface area contributed by atoms with E-state index < -0.39 is 10.0 Å². The number of nitrogens with zero attached hydrogens (tertiary/aromatic N) is 4. The third-order valence-electron chi connectivity index (χ3n) is 5.01. The number of hydrogen-bond acceptors (Lipinski definition) is 5. The highest BCUT2D eigenvalue weighted by Gasteiger charge is 2.32. The Hall–Kier alpha value is -2.95. The molecule has 1 aromatic carbocycles. The molecule has 1 aromatic rings. The zero-order chi connectivity index (χ0) is 21.9. The molecule has 2 aliphatic rings. The van der Waals surface area contributed by atoms with E-state index in [9.17, 15) is 22.8 Å². The van der Waals surface area contributed by atoms with Crippen molar-refractivity contribution in [2.75, 3.05) is 39.0 Å². The maximum Gasteiger partial charge on any atom is 0.326 e. The highest BCUT2D eigenvalue weighted by molar-refractivity contribution is 7.90. The van der Waals surface area contributed by atoms with Crippen LogP contribution >= 0.6 is 0 Å². The van der Waals surface area contributed by atoms with Gasteiger partial charge >= 0.3 is 6.03 Å². The first-order chi connectivity index (χ1) is 14.2. The van der Waals surface area contributed by atoms with Gasteiger partial charge in [0.05, 0.1) is 4.90 Å². The number of benzene rings is 1. The molecule has 10 nitrogen and oxygen atoms in total. The number of hydrogen-bond donors (Lipinski definition) is 1. The first kappa shape index (κ1) is 21.8. The second-order valence-electron chi connectivity index (χ2n) is 7.37. The summed E-state index contributed by atoms with van der Waals surface area (Å²) in [5.41, 5.74) is 0.456. The molecule has 2 heterocycles. The van der Waals surface area contributed by atoms with Gasteiger partial charge in [0.25, 0.3) is 10.0 Å². The summed E-state index contributed by atoms with van der Waals surface area (Å²) in [6, 6.07) is 5.46. The lowest BCUT2D eigenvalue weighted by Crippen LogP contribution is -2.32. The van der Waals surface area contributed by atoms with Gasteiger partial charge in [0.15, 0.2) is 0 Å². The topological polar surface area (TPSA) is 119 Å². The lowest BCUT2D eigenvalue weighted by molar-refractivity contribution is -0.125. The van der Waals surface area contributed by atoms with E-state index in [0.717, 1.165) is 17.9 Å². The minimum Gasteiger partial charge on any atom is -0.362 e. The maximum absolute atomic E-state index is 12.4. The van der Waals surface area contributed by atoms with Crippen LogP contribution in [0.15, 0.2) is 33.6 Å². The molecule has 4 amide bonds. The number of anilines is 1. The molecule has 0 atom stereocenters. The van der Waals surface area contributed by atoms with Crippen molar-refractivity contribution in [3.8, 4) is 0 Å². The number of urea groups is 1. The molecule has 0 unspecified atom stereocenters. The normalized spacial score (nSPS) is 18.6. The van der Waals surface area contributed by atoms with Crippen molar-refractivity contribution in [3.05, 3.63) is 24.3 Å². The minimum absolute atomic E-state index is 0.0577. The van der Waals surface area contributed by atoms with Gasteiger partial charge in [-0.15, -0.1) is 4.40 Å². The predicted molar refractivity (Wildman–Crippen MR) is 111 cm³/mol. The number of likely N-dealkylation sites (N-methyl/N-ethyl adjacent to an activating group) is 1. The van der Waals surface area contributed by atoms with Crippen molar-refractivity contribution in [1.29, 1.82) is 0 Å². The molecule has 11 heteroatoms. The van der Waals surface area contributed by atoms with Gasteiger partial charge in [0.1, 0.15) is 12.4 Å². The number of sulfonamides is 1. The van der Waals surface area contributed by atoms with Crippen LogP contribution in [0, 0.1) is 0 Å². The molecule has 2 saturated heterocycles. The highest BCUT2D eigenvalue weighted by Crippen LogP contribution is 2.19. The largest absolute Gasteiger partial charge is 0.362 e. The molecular formula is C19H25N5O5S. The van der Waals surface area contributed by atoms with E-state index in [0.29, 0.717) is 24.4 Å².